The summed E-state index contributed by atoms with van der Waals surface area (Å²) >= 11 is 0. The molecule has 1 heterocycles. The average molecular weight is 255 g/mol. The van der Waals surface area contributed by atoms with E-state index in [9.17, 15) is 4.79 Å². The summed E-state index contributed by atoms with van der Waals surface area (Å²) < 4.78 is 0. The Kier molecular flexibility index (Phi) is 6.65. The van der Waals surface area contributed by atoms with Crippen LogP contribution in [0.25, 0.3) is 0 Å². The maximum Gasteiger partial charge on any atom is 0.222 e. The second-order valence-corrected chi connectivity index (χ2v) is 5.92. The van der Waals surface area contributed by atoms with Gasteiger partial charge < -0.3 is 15.5 Å². The van der Waals surface area contributed by atoms with E-state index in [0.29, 0.717) is 18.9 Å². The highest BCUT2D eigenvalue weighted by Gasteiger charge is 2.19. The van der Waals surface area contributed by atoms with E-state index in [2.05, 4.69) is 11.9 Å². The topological polar surface area (TPSA) is 49.6 Å². The molecular weight excluding hydrogens is 226 g/mol. The van der Waals surface area contributed by atoms with Crippen molar-refractivity contribution in [3.8, 4) is 0 Å². The van der Waals surface area contributed by atoms with Crippen molar-refractivity contribution in [1.82, 2.24) is 9.80 Å². The minimum absolute atomic E-state index is 0.233. The highest BCUT2D eigenvalue weighted by Crippen LogP contribution is 2.18. The van der Waals surface area contributed by atoms with E-state index in [1.54, 1.807) is 0 Å². The van der Waals surface area contributed by atoms with E-state index in [1.165, 1.54) is 25.9 Å². The van der Waals surface area contributed by atoms with Gasteiger partial charge in [0.2, 0.25) is 5.91 Å². The Morgan fingerprint density at radius 1 is 1.56 bits per heavy atom. The molecule has 106 valence electrons. The molecule has 2 unspecified atom stereocenters. The molecule has 0 bridgehead atoms. The SMILES string of the molecule is CC(CN)CC(=O)N(C)CCC1CCCN(C)C1. The number of nitrogens with two attached hydrogens (primary N) is 1. The van der Waals surface area contributed by atoms with Crippen molar-refractivity contribution in [3.63, 3.8) is 0 Å². The van der Waals surface area contributed by atoms with E-state index in [0.717, 1.165) is 18.9 Å². The normalized spacial score (nSPS) is 22.8. The van der Waals surface area contributed by atoms with Crippen LogP contribution in [0.1, 0.15) is 32.6 Å². The number of hydrogen-bond donors (Lipinski definition) is 1. The molecule has 0 aromatic heterocycles. The van der Waals surface area contributed by atoms with E-state index in [-0.39, 0.29) is 5.91 Å². The highest BCUT2D eigenvalue weighted by molar-refractivity contribution is 5.76. The van der Waals surface area contributed by atoms with Crippen molar-refractivity contribution in [1.29, 1.82) is 0 Å². The first-order chi connectivity index (χ1) is 8.52. The second kappa shape index (κ2) is 7.74. The summed E-state index contributed by atoms with van der Waals surface area (Å²) in [6, 6.07) is 0. The molecule has 0 aromatic carbocycles. The van der Waals surface area contributed by atoms with E-state index < -0.39 is 0 Å². The summed E-state index contributed by atoms with van der Waals surface area (Å²) in [5, 5.41) is 0. The van der Waals surface area contributed by atoms with Crippen LogP contribution < -0.4 is 5.73 Å². The number of likely N-dealkylation sites (tertiary alicyclic amines) is 1. The Morgan fingerprint density at radius 2 is 2.28 bits per heavy atom. The maximum absolute atomic E-state index is 11.9. The predicted molar refractivity (Wildman–Crippen MR) is 75.3 cm³/mol. The first-order valence-corrected chi connectivity index (χ1v) is 7.15. The molecule has 1 fully saturated rings. The zero-order valence-electron chi connectivity index (χ0n) is 12.2. The van der Waals surface area contributed by atoms with Gasteiger partial charge in [-0.05, 0) is 51.2 Å². The van der Waals surface area contributed by atoms with Crippen LogP contribution in [-0.2, 0) is 4.79 Å². The molecule has 1 amide bonds. The van der Waals surface area contributed by atoms with E-state index in [1.807, 2.05) is 18.9 Å². The Bertz CT molecular complexity index is 257. The van der Waals surface area contributed by atoms with Gasteiger partial charge in [0.1, 0.15) is 0 Å². The monoisotopic (exact) mass is 255 g/mol. The first-order valence-electron chi connectivity index (χ1n) is 7.15. The Morgan fingerprint density at radius 3 is 2.89 bits per heavy atom. The molecular formula is C14H29N3O. The summed E-state index contributed by atoms with van der Waals surface area (Å²) in [5.74, 6) is 1.28. The van der Waals surface area contributed by atoms with Gasteiger partial charge in [-0.3, -0.25) is 4.79 Å². The lowest BCUT2D eigenvalue weighted by Gasteiger charge is -2.31. The summed E-state index contributed by atoms with van der Waals surface area (Å²) in [6.07, 6.45) is 4.32. The Labute approximate surface area is 111 Å². The average Bonchev–Trinajstić information content (AvgIpc) is 2.35. The number of carbonyl (C=O) groups excluding carboxylic acids is 1. The molecule has 2 atom stereocenters. The van der Waals surface area contributed by atoms with Crippen molar-refractivity contribution in [3.05, 3.63) is 0 Å². The van der Waals surface area contributed by atoms with Crippen molar-refractivity contribution in [2.24, 2.45) is 17.6 Å². The standard InChI is InChI=1S/C14H29N3O/c1-12(10-15)9-14(18)17(3)8-6-13-5-4-7-16(2)11-13/h12-13H,4-11,15H2,1-3H3. The highest BCUT2D eigenvalue weighted by atomic mass is 16.2. The Hall–Kier alpha value is -0.610. The van der Waals surface area contributed by atoms with Gasteiger partial charge in [-0.2, -0.15) is 0 Å². The van der Waals surface area contributed by atoms with Crippen LogP contribution in [0.15, 0.2) is 0 Å². The third kappa shape index (κ3) is 5.36. The van der Waals surface area contributed by atoms with Crippen molar-refractivity contribution in [2.75, 3.05) is 40.3 Å². The number of rotatable bonds is 6. The van der Waals surface area contributed by atoms with Gasteiger partial charge in [-0.15, -0.1) is 0 Å². The van der Waals surface area contributed by atoms with Gasteiger partial charge in [0.15, 0.2) is 0 Å². The molecule has 4 nitrogen and oxygen atoms in total. The van der Waals surface area contributed by atoms with Gasteiger partial charge in [-0.1, -0.05) is 6.92 Å². The smallest absolute Gasteiger partial charge is 0.222 e. The molecule has 0 saturated carbocycles. The second-order valence-electron chi connectivity index (χ2n) is 5.92. The van der Waals surface area contributed by atoms with Crippen LogP contribution in [-0.4, -0.2) is 56.0 Å². The Balaban J connectivity index is 2.23. The lowest BCUT2D eigenvalue weighted by Crippen LogP contribution is -2.35. The molecule has 18 heavy (non-hydrogen) atoms. The predicted octanol–water partition coefficient (Wildman–Crippen LogP) is 1.16. The van der Waals surface area contributed by atoms with Crippen LogP contribution in [0.5, 0.6) is 0 Å². The molecule has 0 radical (unpaired) electrons. The summed E-state index contributed by atoms with van der Waals surface area (Å²) in [7, 11) is 4.10. The van der Waals surface area contributed by atoms with Gasteiger partial charge >= 0.3 is 0 Å². The van der Waals surface area contributed by atoms with Crippen molar-refractivity contribution >= 4 is 5.91 Å². The molecule has 1 rings (SSSR count). The van der Waals surface area contributed by atoms with E-state index in [4.69, 9.17) is 5.73 Å². The molecule has 0 spiro atoms. The van der Waals surface area contributed by atoms with Crippen LogP contribution >= 0.6 is 0 Å². The molecule has 1 aliphatic heterocycles. The van der Waals surface area contributed by atoms with Crippen molar-refractivity contribution in [2.45, 2.75) is 32.6 Å². The number of amides is 1. The molecule has 0 aromatic rings. The third-order valence-electron chi connectivity index (χ3n) is 3.95. The summed E-state index contributed by atoms with van der Waals surface area (Å²) in [6.45, 7) is 5.91. The van der Waals surface area contributed by atoms with Gasteiger partial charge in [0.25, 0.3) is 0 Å². The zero-order chi connectivity index (χ0) is 13.5. The molecule has 1 saturated heterocycles. The van der Waals surface area contributed by atoms with Crippen molar-refractivity contribution < 1.29 is 4.79 Å². The fraction of sp³-hybridized carbons (Fsp3) is 0.929. The van der Waals surface area contributed by atoms with Gasteiger partial charge in [-0.25, -0.2) is 0 Å². The molecule has 2 N–H and O–H groups in total. The van der Waals surface area contributed by atoms with Crippen LogP contribution in [0, 0.1) is 11.8 Å². The van der Waals surface area contributed by atoms with Gasteiger partial charge in [0.05, 0.1) is 0 Å². The lowest BCUT2D eigenvalue weighted by molar-refractivity contribution is -0.130. The maximum atomic E-state index is 11.9. The van der Waals surface area contributed by atoms with Crippen LogP contribution in [0.3, 0.4) is 0 Å². The third-order valence-corrected chi connectivity index (χ3v) is 3.95. The first kappa shape index (κ1) is 15.4. The number of nitrogens with zero attached hydrogens (tertiary/aromatic N) is 2. The quantitative estimate of drug-likeness (QED) is 0.775. The molecule has 4 heteroatoms. The zero-order valence-corrected chi connectivity index (χ0v) is 12.2. The van der Waals surface area contributed by atoms with Crippen LogP contribution in [0.2, 0.25) is 0 Å². The minimum atomic E-state index is 0.233. The lowest BCUT2D eigenvalue weighted by atomic mass is 9.95. The number of hydrogen-bond acceptors (Lipinski definition) is 3. The summed E-state index contributed by atoms with van der Waals surface area (Å²) in [5.41, 5.74) is 5.55. The minimum Gasteiger partial charge on any atom is -0.346 e. The molecule has 0 aliphatic carbocycles. The largest absolute Gasteiger partial charge is 0.346 e. The number of carbonyl (C=O) groups is 1. The summed E-state index contributed by atoms with van der Waals surface area (Å²) in [4.78, 5) is 16.2. The van der Waals surface area contributed by atoms with E-state index >= 15 is 0 Å². The number of piperidine rings is 1. The van der Waals surface area contributed by atoms with Gasteiger partial charge in [0, 0.05) is 26.6 Å². The fourth-order valence-corrected chi connectivity index (χ4v) is 2.55. The fourth-order valence-electron chi connectivity index (χ4n) is 2.55. The van der Waals surface area contributed by atoms with Crippen LogP contribution in [0.4, 0.5) is 0 Å². The molecule has 1 aliphatic rings.